The van der Waals surface area contributed by atoms with Gasteiger partial charge in [-0.2, -0.15) is 0 Å². The van der Waals surface area contributed by atoms with Crippen molar-refractivity contribution in [3.8, 4) is 0 Å². The van der Waals surface area contributed by atoms with E-state index in [1.165, 1.54) is 0 Å². The Hall–Kier alpha value is -0.910. The molecule has 0 radical (unpaired) electrons. The lowest BCUT2D eigenvalue weighted by Gasteiger charge is -2.21. The highest BCUT2D eigenvalue weighted by Crippen LogP contribution is 2.10. The maximum absolute atomic E-state index is 10.6. The molecule has 1 rings (SSSR count). The van der Waals surface area contributed by atoms with E-state index in [4.69, 9.17) is 4.55 Å². The molecule has 13 heavy (non-hydrogen) atoms. The summed E-state index contributed by atoms with van der Waals surface area (Å²) in [4.78, 5) is 0. The minimum atomic E-state index is -1.83. The molecule has 0 heterocycles. The Balaban J connectivity index is 2.73. The first-order valence-corrected chi connectivity index (χ1v) is 5.09. The molecule has 1 aromatic rings. The third-order valence-corrected chi connectivity index (χ3v) is 2.06. The van der Waals surface area contributed by atoms with Crippen LogP contribution < -0.4 is 10.4 Å². The largest absolute Gasteiger partial charge is 0.305 e. The molecule has 0 saturated heterocycles. The molecule has 0 spiro atoms. The second-order valence-electron chi connectivity index (χ2n) is 2.44. The zero-order valence-corrected chi connectivity index (χ0v) is 8.12. The van der Waals surface area contributed by atoms with E-state index in [9.17, 15) is 4.21 Å². The zero-order chi connectivity index (χ0) is 9.68. The van der Waals surface area contributed by atoms with Gasteiger partial charge in [-0.1, -0.05) is 18.2 Å². The standard InChI is InChI=1S/C8H12N2O2S/c1-9-10(7-13(11)12)8-5-3-2-4-6-8/h2-6,9H,7H2,1H3,(H,11,12). The fourth-order valence-corrected chi connectivity index (χ4v) is 1.49. The highest BCUT2D eigenvalue weighted by atomic mass is 32.2. The van der Waals surface area contributed by atoms with Crippen LogP contribution in [0.4, 0.5) is 5.69 Å². The number of anilines is 1. The number of para-hydroxylation sites is 1. The normalized spacial score (nSPS) is 12.5. The van der Waals surface area contributed by atoms with Gasteiger partial charge in [-0.15, -0.1) is 0 Å². The summed E-state index contributed by atoms with van der Waals surface area (Å²) in [6.07, 6.45) is 0. The number of rotatable bonds is 4. The van der Waals surface area contributed by atoms with Crippen LogP contribution in [-0.2, 0) is 11.1 Å². The topological polar surface area (TPSA) is 52.6 Å². The van der Waals surface area contributed by atoms with Crippen LogP contribution in [-0.4, -0.2) is 21.7 Å². The Morgan fingerprint density at radius 2 is 2.08 bits per heavy atom. The van der Waals surface area contributed by atoms with E-state index in [-0.39, 0.29) is 5.88 Å². The first-order valence-electron chi connectivity index (χ1n) is 3.81. The molecule has 0 aliphatic carbocycles. The van der Waals surface area contributed by atoms with Crippen LogP contribution in [0.5, 0.6) is 0 Å². The van der Waals surface area contributed by atoms with Gasteiger partial charge in [0.2, 0.25) is 0 Å². The van der Waals surface area contributed by atoms with Crippen LogP contribution in [0.2, 0.25) is 0 Å². The van der Waals surface area contributed by atoms with Gasteiger partial charge in [-0.05, 0) is 12.1 Å². The molecule has 1 atom stereocenters. The van der Waals surface area contributed by atoms with Crippen molar-refractivity contribution < 1.29 is 8.76 Å². The molecule has 72 valence electrons. The van der Waals surface area contributed by atoms with Gasteiger partial charge in [0.15, 0.2) is 11.1 Å². The van der Waals surface area contributed by atoms with Gasteiger partial charge < -0.3 is 4.55 Å². The highest BCUT2D eigenvalue weighted by molar-refractivity contribution is 7.79. The van der Waals surface area contributed by atoms with E-state index < -0.39 is 11.1 Å². The van der Waals surface area contributed by atoms with Crippen molar-refractivity contribution in [2.75, 3.05) is 17.9 Å². The molecule has 1 unspecified atom stereocenters. The first-order chi connectivity index (χ1) is 6.24. The highest BCUT2D eigenvalue weighted by Gasteiger charge is 2.05. The van der Waals surface area contributed by atoms with Gasteiger partial charge in [0.1, 0.15) is 5.88 Å². The Morgan fingerprint density at radius 1 is 1.46 bits per heavy atom. The smallest absolute Gasteiger partial charge is 0.174 e. The summed E-state index contributed by atoms with van der Waals surface area (Å²) in [5.41, 5.74) is 3.70. The lowest BCUT2D eigenvalue weighted by atomic mass is 10.3. The molecular formula is C8H12N2O2S. The Labute approximate surface area is 79.8 Å². The Morgan fingerprint density at radius 3 is 2.54 bits per heavy atom. The average molecular weight is 200 g/mol. The second kappa shape index (κ2) is 4.96. The van der Waals surface area contributed by atoms with Gasteiger partial charge in [0, 0.05) is 7.05 Å². The van der Waals surface area contributed by atoms with Crippen LogP contribution >= 0.6 is 0 Å². The van der Waals surface area contributed by atoms with Gasteiger partial charge in [0.25, 0.3) is 0 Å². The van der Waals surface area contributed by atoms with E-state index >= 15 is 0 Å². The number of benzene rings is 1. The van der Waals surface area contributed by atoms with E-state index in [1.54, 1.807) is 12.1 Å². The fourth-order valence-electron chi connectivity index (χ4n) is 0.987. The first kappa shape index (κ1) is 10.2. The lowest BCUT2D eigenvalue weighted by molar-refractivity contribution is 0.558. The molecule has 0 fully saturated rings. The van der Waals surface area contributed by atoms with Crippen molar-refractivity contribution in [2.45, 2.75) is 0 Å². The molecule has 0 saturated carbocycles. The molecule has 0 amide bonds. The maximum atomic E-state index is 10.6. The molecule has 1 aromatic carbocycles. The number of hydrogen-bond acceptors (Lipinski definition) is 3. The van der Waals surface area contributed by atoms with E-state index in [1.807, 2.05) is 30.3 Å². The predicted octanol–water partition coefficient (Wildman–Crippen LogP) is 0.807. The van der Waals surface area contributed by atoms with Crippen LogP contribution in [0.3, 0.4) is 0 Å². The average Bonchev–Trinajstić information content (AvgIpc) is 2.15. The van der Waals surface area contributed by atoms with Crippen LogP contribution in [0.1, 0.15) is 0 Å². The van der Waals surface area contributed by atoms with Crippen molar-refractivity contribution in [3.63, 3.8) is 0 Å². The van der Waals surface area contributed by atoms with E-state index in [0.29, 0.717) is 0 Å². The second-order valence-corrected chi connectivity index (χ2v) is 3.34. The Kier molecular flexibility index (Phi) is 3.88. The summed E-state index contributed by atoms with van der Waals surface area (Å²) in [6, 6.07) is 9.37. The molecule has 0 bridgehead atoms. The summed E-state index contributed by atoms with van der Waals surface area (Å²) in [6.45, 7) is 0. The minimum absolute atomic E-state index is 0.0561. The SMILES string of the molecule is CNN(CS(=O)O)c1ccccc1. The molecule has 4 nitrogen and oxygen atoms in total. The molecule has 0 aliphatic rings. The molecule has 0 aromatic heterocycles. The van der Waals surface area contributed by atoms with Gasteiger partial charge in [-0.25, -0.2) is 9.63 Å². The fraction of sp³-hybridized carbons (Fsp3) is 0.250. The zero-order valence-electron chi connectivity index (χ0n) is 7.30. The molecule has 5 heteroatoms. The molecular weight excluding hydrogens is 188 g/mol. The number of nitrogens with zero attached hydrogens (tertiary/aromatic N) is 1. The maximum Gasteiger partial charge on any atom is 0.174 e. The monoisotopic (exact) mass is 200 g/mol. The van der Waals surface area contributed by atoms with Gasteiger partial charge in [0.05, 0.1) is 5.69 Å². The summed E-state index contributed by atoms with van der Waals surface area (Å²) in [7, 11) is 1.71. The van der Waals surface area contributed by atoms with Crippen LogP contribution in [0.15, 0.2) is 30.3 Å². The van der Waals surface area contributed by atoms with Crippen LogP contribution in [0.25, 0.3) is 0 Å². The summed E-state index contributed by atoms with van der Waals surface area (Å²) >= 11 is -1.83. The number of hydrazine groups is 1. The molecule has 2 N–H and O–H groups in total. The van der Waals surface area contributed by atoms with E-state index in [0.717, 1.165) is 5.69 Å². The van der Waals surface area contributed by atoms with Gasteiger partial charge in [-0.3, -0.25) is 5.01 Å². The predicted molar refractivity (Wildman–Crippen MR) is 53.6 cm³/mol. The van der Waals surface area contributed by atoms with E-state index in [2.05, 4.69) is 5.43 Å². The third kappa shape index (κ3) is 3.14. The Bertz CT molecular complexity index is 279. The third-order valence-electron chi connectivity index (χ3n) is 1.58. The summed E-state index contributed by atoms with van der Waals surface area (Å²) in [5, 5.41) is 1.61. The van der Waals surface area contributed by atoms with Crippen molar-refractivity contribution in [1.29, 1.82) is 0 Å². The number of nitrogens with one attached hydrogen (secondary N) is 1. The quantitative estimate of drug-likeness (QED) is 0.558. The van der Waals surface area contributed by atoms with Crippen LogP contribution in [0, 0.1) is 0 Å². The summed E-state index contributed by atoms with van der Waals surface area (Å²) < 4.78 is 19.3. The molecule has 0 aliphatic heterocycles. The number of hydrogen-bond donors (Lipinski definition) is 2. The van der Waals surface area contributed by atoms with Crippen molar-refractivity contribution >= 4 is 16.8 Å². The van der Waals surface area contributed by atoms with Crippen molar-refractivity contribution in [3.05, 3.63) is 30.3 Å². The van der Waals surface area contributed by atoms with Crippen molar-refractivity contribution in [2.24, 2.45) is 0 Å². The lowest BCUT2D eigenvalue weighted by Crippen LogP contribution is -2.37. The summed E-state index contributed by atoms with van der Waals surface area (Å²) in [5.74, 6) is 0.0561. The van der Waals surface area contributed by atoms with Crippen molar-refractivity contribution in [1.82, 2.24) is 5.43 Å². The van der Waals surface area contributed by atoms with Gasteiger partial charge >= 0.3 is 0 Å². The minimum Gasteiger partial charge on any atom is -0.305 e.